The van der Waals surface area contributed by atoms with E-state index in [1.807, 2.05) is 36.4 Å². The van der Waals surface area contributed by atoms with Gasteiger partial charge in [-0.15, -0.1) is 0 Å². The molecular formula is C24H22N2O4. The van der Waals surface area contributed by atoms with Gasteiger partial charge in [-0.05, 0) is 37.1 Å². The summed E-state index contributed by atoms with van der Waals surface area (Å²) >= 11 is 0. The molecule has 1 aliphatic heterocycles. The van der Waals surface area contributed by atoms with Gasteiger partial charge in [0.15, 0.2) is 0 Å². The van der Waals surface area contributed by atoms with Crippen molar-refractivity contribution in [2.45, 2.75) is 25.7 Å². The Balaban J connectivity index is 1.71. The smallest absolute Gasteiger partial charge is 0.411 e. The summed E-state index contributed by atoms with van der Waals surface area (Å²) in [7, 11) is 0. The lowest BCUT2D eigenvalue weighted by Crippen LogP contribution is -2.15. The SMILES string of the molecule is O=C1Nc2ccccc2C#CCCCOC(=O)Nc2ccccc2C#CCCCO1. The Bertz CT molecular complexity index is 941. The first kappa shape index (κ1) is 20.8. The highest BCUT2D eigenvalue weighted by Crippen LogP contribution is 2.15. The van der Waals surface area contributed by atoms with Crippen LogP contribution >= 0.6 is 0 Å². The van der Waals surface area contributed by atoms with E-state index >= 15 is 0 Å². The molecule has 0 bridgehead atoms. The first-order chi connectivity index (χ1) is 14.7. The Morgan fingerprint density at radius 2 is 1.10 bits per heavy atom. The van der Waals surface area contributed by atoms with Crippen molar-refractivity contribution >= 4 is 23.6 Å². The van der Waals surface area contributed by atoms with Crippen molar-refractivity contribution in [3.63, 3.8) is 0 Å². The molecule has 2 amide bonds. The van der Waals surface area contributed by atoms with Crippen LogP contribution in [0.25, 0.3) is 0 Å². The Labute approximate surface area is 176 Å². The number of benzene rings is 2. The van der Waals surface area contributed by atoms with Crippen LogP contribution in [0.4, 0.5) is 21.0 Å². The van der Waals surface area contributed by atoms with Gasteiger partial charge in [-0.3, -0.25) is 10.6 Å². The molecular weight excluding hydrogens is 380 g/mol. The molecule has 30 heavy (non-hydrogen) atoms. The summed E-state index contributed by atoms with van der Waals surface area (Å²) in [5, 5.41) is 5.45. The number of hydrogen-bond donors (Lipinski definition) is 2. The number of ether oxygens (including phenoxy) is 2. The number of amides is 2. The summed E-state index contributed by atoms with van der Waals surface area (Å²) in [6, 6.07) is 14.5. The maximum absolute atomic E-state index is 12.0. The lowest BCUT2D eigenvalue weighted by atomic mass is 10.1. The predicted molar refractivity (Wildman–Crippen MR) is 115 cm³/mol. The topological polar surface area (TPSA) is 76.7 Å². The highest BCUT2D eigenvalue weighted by Gasteiger charge is 2.07. The molecule has 0 spiro atoms. The molecule has 0 unspecified atom stereocenters. The second-order valence-corrected chi connectivity index (χ2v) is 6.42. The van der Waals surface area contributed by atoms with E-state index < -0.39 is 12.2 Å². The molecule has 1 aliphatic rings. The lowest BCUT2D eigenvalue weighted by molar-refractivity contribution is 0.160. The van der Waals surface area contributed by atoms with Crippen LogP contribution in [0.15, 0.2) is 48.5 Å². The van der Waals surface area contributed by atoms with E-state index in [2.05, 4.69) is 34.3 Å². The van der Waals surface area contributed by atoms with Gasteiger partial charge in [0.05, 0.1) is 24.6 Å². The van der Waals surface area contributed by atoms with Crippen LogP contribution < -0.4 is 10.6 Å². The Morgan fingerprint density at radius 1 is 0.667 bits per heavy atom. The number of carbonyl (C=O) groups is 2. The fourth-order valence-corrected chi connectivity index (χ4v) is 2.66. The van der Waals surface area contributed by atoms with Gasteiger partial charge in [-0.1, -0.05) is 47.9 Å². The van der Waals surface area contributed by atoms with E-state index in [0.717, 1.165) is 0 Å². The molecule has 0 saturated heterocycles. The van der Waals surface area contributed by atoms with Crippen LogP contribution in [0.1, 0.15) is 36.8 Å². The molecule has 0 fully saturated rings. The van der Waals surface area contributed by atoms with E-state index in [-0.39, 0.29) is 13.2 Å². The summed E-state index contributed by atoms with van der Waals surface area (Å²) in [6.07, 6.45) is 1.25. The average molecular weight is 402 g/mol. The molecule has 3 rings (SSSR count). The van der Waals surface area contributed by atoms with Crippen molar-refractivity contribution in [2.24, 2.45) is 0 Å². The van der Waals surface area contributed by atoms with Crippen molar-refractivity contribution < 1.29 is 19.1 Å². The minimum absolute atomic E-state index is 0.251. The molecule has 6 nitrogen and oxygen atoms in total. The van der Waals surface area contributed by atoms with Crippen molar-refractivity contribution in [1.82, 2.24) is 0 Å². The largest absolute Gasteiger partial charge is 0.449 e. The van der Waals surface area contributed by atoms with Crippen LogP contribution in [0.3, 0.4) is 0 Å². The molecule has 0 aromatic heterocycles. The molecule has 0 radical (unpaired) electrons. The number of fused-ring (bicyclic) bond motifs is 2. The number of para-hydroxylation sites is 2. The second kappa shape index (κ2) is 11.2. The minimum Gasteiger partial charge on any atom is -0.449 e. The van der Waals surface area contributed by atoms with Gasteiger partial charge in [0, 0.05) is 24.0 Å². The number of anilines is 2. The maximum atomic E-state index is 12.0. The van der Waals surface area contributed by atoms with Gasteiger partial charge in [-0.2, -0.15) is 0 Å². The first-order valence-electron chi connectivity index (χ1n) is 9.76. The summed E-state index contributed by atoms with van der Waals surface area (Å²) < 4.78 is 10.4. The fraction of sp³-hybridized carbons (Fsp3) is 0.250. The van der Waals surface area contributed by atoms with E-state index in [1.54, 1.807) is 12.1 Å². The minimum atomic E-state index is -0.520. The monoisotopic (exact) mass is 402 g/mol. The standard InChI is InChI=1S/C24H22N2O4/c27-23-26-22-16-8-6-14-20(22)12-4-2-10-18-30-24(28)25-21-15-7-5-13-19(21)11-3-1-9-17-29-23/h5-8,13-16H,1-2,9-10,17-18H2,(H,25,28)(H,26,27). The molecule has 6 heteroatoms. The highest BCUT2D eigenvalue weighted by atomic mass is 16.6. The van der Waals surface area contributed by atoms with Gasteiger partial charge < -0.3 is 9.47 Å². The molecule has 152 valence electrons. The van der Waals surface area contributed by atoms with Crippen LogP contribution in [0, 0.1) is 23.7 Å². The van der Waals surface area contributed by atoms with E-state index in [1.165, 1.54) is 0 Å². The van der Waals surface area contributed by atoms with Gasteiger partial charge in [-0.25, -0.2) is 9.59 Å². The molecule has 1 heterocycles. The van der Waals surface area contributed by atoms with Crippen molar-refractivity contribution in [1.29, 1.82) is 0 Å². The average Bonchev–Trinajstić information content (AvgIpc) is 2.74. The molecule has 0 saturated carbocycles. The lowest BCUT2D eigenvalue weighted by Gasteiger charge is -2.09. The molecule has 2 N–H and O–H groups in total. The third kappa shape index (κ3) is 6.61. The fourth-order valence-electron chi connectivity index (χ4n) is 2.66. The normalized spacial score (nSPS) is 15.1. The number of carbonyl (C=O) groups excluding carboxylic acids is 2. The van der Waals surface area contributed by atoms with E-state index in [0.29, 0.717) is 48.2 Å². The third-order valence-corrected chi connectivity index (χ3v) is 4.13. The number of rotatable bonds is 0. The quantitative estimate of drug-likeness (QED) is 0.623. The zero-order valence-corrected chi connectivity index (χ0v) is 16.5. The third-order valence-electron chi connectivity index (χ3n) is 4.13. The summed E-state index contributed by atoms with van der Waals surface area (Å²) in [5.41, 5.74) is 2.59. The Morgan fingerprint density at radius 3 is 1.57 bits per heavy atom. The molecule has 2 aromatic carbocycles. The van der Waals surface area contributed by atoms with Crippen LogP contribution in [-0.4, -0.2) is 25.4 Å². The second-order valence-electron chi connectivity index (χ2n) is 6.42. The van der Waals surface area contributed by atoms with E-state index in [9.17, 15) is 9.59 Å². The predicted octanol–water partition coefficient (Wildman–Crippen LogP) is 4.76. The number of hydrogen-bond acceptors (Lipinski definition) is 4. The Hall–Kier alpha value is -3.90. The van der Waals surface area contributed by atoms with Crippen LogP contribution in [0.5, 0.6) is 0 Å². The van der Waals surface area contributed by atoms with Gasteiger partial charge in [0.2, 0.25) is 0 Å². The number of cyclic esters (lactones) is 2. The summed E-state index contributed by atoms with van der Waals surface area (Å²) in [6.45, 7) is 0.501. The van der Waals surface area contributed by atoms with Crippen molar-refractivity contribution in [3.8, 4) is 23.7 Å². The summed E-state index contributed by atoms with van der Waals surface area (Å²) in [4.78, 5) is 24.1. The van der Waals surface area contributed by atoms with Gasteiger partial charge >= 0.3 is 12.2 Å². The first-order valence-corrected chi connectivity index (χ1v) is 9.76. The van der Waals surface area contributed by atoms with Crippen LogP contribution in [0.2, 0.25) is 0 Å². The highest BCUT2D eigenvalue weighted by molar-refractivity contribution is 5.87. The molecule has 0 aliphatic carbocycles. The Kier molecular flexibility index (Phi) is 7.77. The van der Waals surface area contributed by atoms with E-state index in [4.69, 9.17) is 9.47 Å². The summed E-state index contributed by atoms with van der Waals surface area (Å²) in [5.74, 6) is 12.1. The zero-order valence-electron chi connectivity index (χ0n) is 16.5. The van der Waals surface area contributed by atoms with Gasteiger partial charge in [0.1, 0.15) is 0 Å². The van der Waals surface area contributed by atoms with Crippen molar-refractivity contribution in [2.75, 3.05) is 23.8 Å². The van der Waals surface area contributed by atoms with Crippen molar-refractivity contribution in [3.05, 3.63) is 59.7 Å². The maximum Gasteiger partial charge on any atom is 0.411 e. The number of nitrogens with one attached hydrogen (secondary N) is 2. The molecule has 0 atom stereocenters. The van der Waals surface area contributed by atoms with Crippen LogP contribution in [-0.2, 0) is 9.47 Å². The zero-order chi connectivity index (χ0) is 21.0. The van der Waals surface area contributed by atoms with Gasteiger partial charge in [0.25, 0.3) is 0 Å². The molecule has 2 aromatic rings.